The van der Waals surface area contributed by atoms with Gasteiger partial charge in [0.1, 0.15) is 5.82 Å². The Kier molecular flexibility index (Phi) is 4.22. The molecule has 2 rings (SSSR count). The van der Waals surface area contributed by atoms with Gasteiger partial charge in [0.25, 0.3) is 5.91 Å². The number of hydrogen-bond acceptors (Lipinski definition) is 5. The van der Waals surface area contributed by atoms with Gasteiger partial charge in [0.15, 0.2) is 0 Å². The van der Waals surface area contributed by atoms with Crippen molar-refractivity contribution in [1.82, 2.24) is 10.3 Å². The zero-order chi connectivity index (χ0) is 12.1. The number of rotatable bonds is 4. The molecule has 1 aliphatic rings. The Balaban J connectivity index is 1.85. The average molecular weight is 252 g/mol. The maximum Gasteiger partial charge on any atom is 0.252 e. The molecule has 6 heteroatoms. The molecule has 1 atom stereocenters. The van der Waals surface area contributed by atoms with E-state index in [1.165, 1.54) is 18.4 Å². The van der Waals surface area contributed by atoms with Crippen LogP contribution in [-0.2, 0) is 0 Å². The smallest absolute Gasteiger partial charge is 0.252 e. The lowest BCUT2D eigenvalue weighted by Crippen LogP contribution is -2.29. The molecule has 1 aromatic heterocycles. The Morgan fingerprint density at radius 1 is 1.59 bits per heavy atom. The highest BCUT2D eigenvalue weighted by molar-refractivity contribution is 7.99. The number of amides is 1. The number of aromatic nitrogens is 1. The van der Waals surface area contributed by atoms with E-state index >= 15 is 0 Å². The molecule has 92 valence electrons. The fraction of sp³-hybridized carbons (Fsp3) is 0.455. The Labute approximate surface area is 105 Å². The van der Waals surface area contributed by atoms with Gasteiger partial charge in [-0.2, -0.15) is 11.8 Å². The van der Waals surface area contributed by atoms with E-state index in [0.29, 0.717) is 17.3 Å². The number of nitrogens with zero attached hydrogens (tertiary/aromatic N) is 1. The fourth-order valence-electron chi connectivity index (χ4n) is 1.70. The molecule has 0 aromatic carbocycles. The third-order valence-corrected chi connectivity index (χ3v) is 3.98. The van der Waals surface area contributed by atoms with Crippen LogP contribution >= 0.6 is 11.8 Å². The van der Waals surface area contributed by atoms with E-state index in [-0.39, 0.29) is 5.91 Å². The number of thioether (sulfide) groups is 1. The van der Waals surface area contributed by atoms with Crippen molar-refractivity contribution in [1.29, 1.82) is 0 Å². The number of pyridine rings is 1. The summed E-state index contributed by atoms with van der Waals surface area (Å²) in [6, 6.07) is 3.39. The van der Waals surface area contributed by atoms with Crippen LogP contribution in [0, 0.1) is 5.92 Å². The lowest BCUT2D eigenvalue weighted by atomic mass is 10.1. The first-order valence-corrected chi connectivity index (χ1v) is 6.73. The molecular weight excluding hydrogens is 236 g/mol. The van der Waals surface area contributed by atoms with Gasteiger partial charge in [-0.15, -0.1) is 0 Å². The first-order valence-electron chi connectivity index (χ1n) is 5.58. The third-order valence-electron chi connectivity index (χ3n) is 2.75. The Morgan fingerprint density at radius 2 is 2.47 bits per heavy atom. The molecule has 1 aliphatic heterocycles. The zero-order valence-electron chi connectivity index (χ0n) is 9.48. The van der Waals surface area contributed by atoms with Crippen molar-refractivity contribution in [2.45, 2.75) is 6.42 Å². The van der Waals surface area contributed by atoms with Crippen LogP contribution in [0.2, 0.25) is 0 Å². The highest BCUT2D eigenvalue weighted by Gasteiger charge is 2.16. The number of carbonyl (C=O) groups excluding carboxylic acids is 1. The summed E-state index contributed by atoms with van der Waals surface area (Å²) in [5.41, 5.74) is 2.99. The molecule has 4 N–H and O–H groups in total. The fourth-order valence-corrected chi connectivity index (χ4v) is 2.98. The maximum absolute atomic E-state index is 11.8. The molecule has 1 saturated heterocycles. The van der Waals surface area contributed by atoms with E-state index < -0.39 is 0 Å². The molecule has 0 saturated carbocycles. The van der Waals surface area contributed by atoms with Crippen LogP contribution in [0.3, 0.4) is 0 Å². The molecule has 0 spiro atoms. The molecule has 5 nitrogen and oxygen atoms in total. The third kappa shape index (κ3) is 3.34. The van der Waals surface area contributed by atoms with Crippen molar-refractivity contribution in [2.75, 3.05) is 23.5 Å². The molecule has 2 heterocycles. The molecule has 1 amide bonds. The van der Waals surface area contributed by atoms with Crippen molar-refractivity contribution in [3.8, 4) is 0 Å². The van der Waals surface area contributed by atoms with Gasteiger partial charge in [-0.1, -0.05) is 0 Å². The van der Waals surface area contributed by atoms with E-state index in [9.17, 15) is 4.79 Å². The van der Waals surface area contributed by atoms with Gasteiger partial charge < -0.3 is 10.7 Å². The predicted molar refractivity (Wildman–Crippen MR) is 69.8 cm³/mol. The van der Waals surface area contributed by atoms with Crippen molar-refractivity contribution in [2.24, 2.45) is 11.8 Å². The van der Waals surface area contributed by atoms with Gasteiger partial charge in [-0.05, 0) is 36.0 Å². The van der Waals surface area contributed by atoms with Gasteiger partial charge in [0.2, 0.25) is 0 Å². The lowest BCUT2D eigenvalue weighted by Gasteiger charge is -2.10. The van der Waals surface area contributed by atoms with Gasteiger partial charge in [0.05, 0.1) is 5.56 Å². The van der Waals surface area contributed by atoms with Crippen LogP contribution in [0.4, 0.5) is 5.82 Å². The number of carbonyl (C=O) groups is 1. The number of anilines is 1. The summed E-state index contributed by atoms with van der Waals surface area (Å²) in [4.78, 5) is 15.8. The monoisotopic (exact) mass is 252 g/mol. The minimum absolute atomic E-state index is 0.0713. The second kappa shape index (κ2) is 5.88. The van der Waals surface area contributed by atoms with Gasteiger partial charge in [-0.3, -0.25) is 4.79 Å². The largest absolute Gasteiger partial charge is 0.352 e. The molecule has 17 heavy (non-hydrogen) atoms. The lowest BCUT2D eigenvalue weighted by molar-refractivity contribution is 0.0948. The maximum atomic E-state index is 11.8. The molecule has 1 aromatic rings. The van der Waals surface area contributed by atoms with E-state index in [0.717, 1.165) is 12.3 Å². The first kappa shape index (κ1) is 12.2. The number of hydrazine groups is 1. The summed E-state index contributed by atoms with van der Waals surface area (Å²) in [6.07, 6.45) is 2.72. The molecule has 0 aliphatic carbocycles. The second-order valence-corrected chi connectivity index (χ2v) is 5.17. The normalized spacial score (nSPS) is 19.0. The first-order chi connectivity index (χ1) is 8.29. The van der Waals surface area contributed by atoms with E-state index in [2.05, 4.69) is 15.7 Å². The molecular formula is C11H16N4OS. The van der Waals surface area contributed by atoms with Crippen LogP contribution in [0.15, 0.2) is 18.3 Å². The van der Waals surface area contributed by atoms with Crippen LogP contribution in [-0.4, -0.2) is 28.9 Å². The summed E-state index contributed by atoms with van der Waals surface area (Å²) in [5.74, 6) is 8.65. The summed E-state index contributed by atoms with van der Waals surface area (Å²) in [6.45, 7) is 0.753. The Hall–Kier alpha value is -1.27. The van der Waals surface area contributed by atoms with Crippen molar-refractivity contribution >= 4 is 23.5 Å². The quantitative estimate of drug-likeness (QED) is 0.547. The van der Waals surface area contributed by atoms with Crippen LogP contribution < -0.4 is 16.6 Å². The van der Waals surface area contributed by atoms with Crippen molar-refractivity contribution in [3.63, 3.8) is 0 Å². The van der Waals surface area contributed by atoms with Crippen LogP contribution in [0.1, 0.15) is 16.8 Å². The predicted octanol–water partition coefficient (Wildman–Crippen LogP) is 0.850. The molecule has 1 unspecified atom stereocenters. The Morgan fingerprint density at radius 3 is 3.06 bits per heavy atom. The van der Waals surface area contributed by atoms with Crippen molar-refractivity contribution in [3.05, 3.63) is 23.9 Å². The van der Waals surface area contributed by atoms with Crippen molar-refractivity contribution < 1.29 is 4.79 Å². The summed E-state index contributed by atoms with van der Waals surface area (Å²) >= 11 is 1.95. The number of nitrogens with two attached hydrogens (primary N) is 1. The molecule has 0 radical (unpaired) electrons. The van der Waals surface area contributed by atoms with E-state index in [1.54, 1.807) is 12.1 Å². The summed E-state index contributed by atoms with van der Waals surface area (Å²) < 4.78 is 0. The Bertz CT molecular complexity index is 376. The zero-order valence-corrected chi connectivity index (χ0v) is 10.3. The van der Waals surface area contributed by atoms with E-state index in [4.69, 9.17) is 5.84 Å². The van der Waals surface area contributed by atoms with Crippen LogP contribution in [0.5, 0.6) is 0 Å². The summed E-state index contributed by atoms with van der Waals surface area (Å²) in [5, 5.41) is 2.93. The van der Waals surface area contributed by atoms with Crippen LogP contribution in [0.25, 0.3) is 0 Å². The SMILES string of the molecule is NNc1ccc(C(=O)NCC2CCSC2)cn1. The molecule has 0 bridgehead atoms. The number of nitrogens with one attached hydrogen (secondary N) is 2. The second-order valence-electron chi connectivity index (χ2n) is 4.02. The topological polar surface area (TPSA) is 80.0 Å². The van der Waals surface area contributed by atoms with E-state index in [1.807, 2.05) is 11.8 Å². The van der Waals surface area contributed by atoms with Gasteiger partial charge in [-0.25, -0.2) is 10.8 Å². The van der Waals surface area contributed by atoms with Gasteiger partial charge in [0, 0.05) is 12.7 Å². The minimum atomic E-state index is -0.0713. The highest BCUT2D eigenvalue weighted by atomic mass is 32.2. The number of hydrogen-bond donors (Lipinski definition) is 3. The number of nitrogen functional groups attached to an aromatic ring is 1. The van der Waals surface area contributed by atoms with Gasteiger partial charge >= 0.3 is 0 Å². The highest BCUT2D eigenvalue weighted by Crippen LogP contribution is 2.22. The summed E-state index contributed by atoms with van der Waals surface area (Å²) in [7, 11) is 0. The standard InChI is InChI=1S/C11H16N4OS/c12-15-10-2-1-9(6-13-10)11(16)14-5-8-3-4-17-7-8/h1-2,6,8H,3-5,7,12H2,(H,13,15)(H,14,16). The molecule has 1 fully saturated rings. The average Bonchev–Trinajstić information content (AvgIpc) is 2.89. The minimum Gasteiger partial charge on any atom is -0.352 e.